The second-order valence-electron chi connectivity index (χ2n) is 4.80. The van der Waals surface area contributed by atoms with Gasteiger partial charge in [0.05, 0.1) is 5.69 Å². The highest BCUT2D eigenvalue weighted by molar-refractivity contribution is 5.03. The third-order valence-corrected chi connectivity index (χ3v) is 2.30. The second kappa shape index (κ2) is 5.24. The van der Waals surface area contributed by atoms with Crippen molar-refractivity contribution in [3.63, 3.8) is 0 Å². The molecule has 0 aliphatic heterocycles. The fourth-order valence-corrected chi connectivity index (χ4v) is 1.33. The van der Waals surface area contributed by atoms with Gasteiger partial charge in [0.1, 0.15) is 0 Å². The molecule has 0 saturated heterocycles. The topological polar surface area (TPSA) is 42.1 Å². The van der Waals surface area contributed by atoms with Crippen molar-refractivity contribution in [1.29, 1.82) is 0 Å². The summed E-state index contributed by atoms with van der Waals surface area (Å²) in [4.78, 5) is 6.54. The number of hydrogen-bond donors (Lipinski definition) is 1. The van der Waals surface area contributed by atoms with Crippen molar-refractivity contribution < 1.29 is 0 Å². The summed E-state index contributed by atoms with van der Waals surface area (Å²) in [5, 5.41) is 0. The molecule has 3 heteroatoms. The molecule has 1 aromatic heterocycles. The molecule has 0 spiro atoms. The molecule has 0 bridgehead atoms. The van der Waals surface area contributed by atoms with Crippen LogP contribution in [0.4, 0.5) is 0 Å². The Morgan fingerprint density at radius 2 is 2.13 bits per heavy atom. The first-order chi connectivity index (χ1) is 6.97. The van der Waals surface area contributed by atoms with Gasteiger partial charge in [-0.2, -0.15) is 0 Å². The number of nitrogens with zero attached hydrogens (tertiary/aromatic N) is 2. The Morgan fingerprint density at radius 3 is 2.67 bits per heavy atom. The third kappa shape index (κ3) is 5.50. The molecule has 15 heavy (non-hydrogen) atoms. The third-order valence-electron chi connectivity index (χ3n) is 2.30. The lowest BCUT2D eigenvalue weighted by atomic mass is 10.0. The number of pyridine rings is 1. The highest BCUT2D eigenvalue weighted by Crippen LogP contribution is 2.06. The van der Waals surface area contributed by atoms with Crippen LogP contribution in [0.3, 0.4) is 0 Å². The summed E-state index contributed by atoms with van der Waals surface area (Å²) in [5.74, 6) is 0. The first-order valence-corrected chi connectivity index (χ1v) is 5.35. The van der Waals surface area contributed by atoms with Crippen LogP contribution in [0.25, 0.3) is 0 Å². The van der Waals surface area contributed by atoms with E-state index in [2.05, 4.69) is 30.8 Å². The van der Waals surface area contributed by atoms with Crippen molar-refractivity contribution in [1.82, 2.24) is 9.88 Å². The zero-order valence-electron chi connectivity index (χ0n) is 9.90. The van der Waals surface area contributed by atoms with E-state index in [1.807, 2.05) is 24.4 Å². The maximum atomic E-state index is 5.93. The maximum absolute atomic E-state index is 5.93. The van der Waals surface area contributed by atoms with Crippen molar-refractivity contribution in [3.05, 3.63) is 30.1 Å². The second-order valence-corrected chi connectivity index (χ2v) is 4.80. The summed E-state index contributed by atoms with van der Waals surface area (Å²) in [6.45, 7) is 6.00. The molecule has 1 aromatic rings. The smallest absolute Gasteiger partial charge is 0.0543 e. The average Bonchev–Trinajstić information content (AvgIpc) is 2.15. The van der Waals surface area contributed by atoms with Crippen molar-refractivity contribution >= 4 is 0 Å². The molecule has 0 aliphatic carbocycles. The molecule has 0 atom stereocenters. The Morgan fingerprint density at radius 1 is 1.40 bits per heavy atom. The van der Waals surface area contributed by atoms with Crippen molar-refractivity contribution in [3.8, 4) is 0 Å². The van der Waals surface area contributed by atoms with Crippen LogP contribution in [0.5, 0.6) is 0 Å². The lowest BCUT2D eigenvalue weighted by Gasteiger charge is -2.23. The number of hydrogen-bond acceptors (Lipinski definition) is 3. The summed E-state index contributed by atoms with van der Waals surface area (Å²) in [5.41, 5.74) is 6.96. The van der Waals surface area contributed by atoms with Gasteiger partial charge < -0.3 is 10.6 Å². The van der Waals surface area contributed by atoms with Crippen LogP contribution < -0.4 is 5.73 Å². The van der Waals surface area contributed by atoms with Gasteiger partial charge in [-0.25, -0.2) is 0 Å². The number of aromatic nitrogens is 1. The Labute approximate surface area is 92.3 Å². The summed E-state index contributed by atoms with van der Waals surface area (Å²) in [7, 11) is 2.10. The monoisotopic (exact) mass is 207 g/mol. The van der Waals surface area contributed by atoms with Crippen LogP contribution in [-0.2, 0) is 6.54 Å². The molecule has 0 radical (unpaired) electrons. The molecule has 0 amide bonds. The fraction of sp³-hybridized carbons (Fsp3) is 0.583. The number of rotatable bonds is 5. The fourth-order valence-electron chi connectivity index (χ4n) is 1.33. The quantitative estimate of drug-likeness (QED) is 0.798. The van der Waals surface area contributed by atoms with Gasteiger partial charge in [0, 0.05) is 18.3 Å². The first-order valence-electron chi connectivity index (χ1n) is 5.35. The van der Waals surface area contributed by atoms with E-state index in [0.717, 1.165) is 25.2 Å². The zero-order valence-corrected chi connectivity index (χ0v) is 9.90. The van der Waals surface area contributed by atoms with E-state index in [0.29, 0.717) is 0 Å². The molecule has 2 N–H and O–H groups in total. The SMILES string of the molecule is CN(CCC(C)(C)N)Cc1ccccn1. The van der Waals surface area contributed by atoms with E-state index in [4.69, 9.17) is 5.73 Å². The Kier molecular flexibility index (Phi) is 4.24. The van der Waals surface area contributed by atoms with Crippen molar-refractivity contribution in [2.24, 2.45) is 5.73 Å². The van der Waals surface area contributed by atoms with Crippen LogP contribution in [0.1, 0.15) is 26.0 Å². The molecule has 1 heterocycles. The van der Waals surface area contributed by atoms with E-state index in [-0.39, 0.29) is 5.54 Å². The minimum Gasteiger partial charge on any atom is -0.326 e. The van der Waals surface area contributed by atoms with E-state index >= 15 is 0 Å². The van der Waals surface area contributed by atoms with Crippen LogP contribution in [0, 0.1) is 0 Å². The molecule has 0 unspecified atom stereocenters. The maximum Gasteiger partial charge on any atom is 0.0543 e. The first kappa shape index (κ1) is 12.1. The Hall–Kier alpha value is -0.930. The minimum atomic E-state index is -0.0849. The zero-order chi connectivity index (χ0) is 11.3. The van der Waals surface area contributed by atoms with Gasteiger partial charge in [-0.15, -0.1) is 0 Å². The highest BCUT2D eigenvalue weighted by Gasteiger charge is 2.11. The predicted octanol–water partition coefficient (Wildman–Crippen LogP) is 1.64. The summed E-state index contributed by atoms with van der Waals surface area (Å²) < 4.78 is 0. The highest BCUT2D eigenvalue weighted by atomic mass is 15.1. The van der Waals surface area contributed by atoms with E-state index in [1.54, 1.807) is 0 Å². The lowest BCUT2D eigenvalue weighted by molar-refractivity contribution is 0.286. The molecule has 0 fully saturated rings. The Balaban J connectivity index is 2.34. The van der Waals surface area contributed by atoms with Gasteiger partial charge in [-0.05, 0) is 46.0 Å². The summed E-state index contributed by atoms with van der Waals surface area (Å²) >= 11 is 0. The van der Waals surface area contributed by atoms with Gasteiger partial charge in [-0.1, -0.05) is 6.07 Å². The van der Waals surface area contributed by atoms with Crippen molar-refractivity contribution in [2.45, 2.75) is 32.4 Å². The van der Waals surface area contributed by atoms with Crippen LogP contribution >= 0.6 is 0 Å². The normalized spacial score (nSPS) is 12.1. The number of nitrogens with two attached hydrogens (primary N) is 1. The summed E-state index contributed by atoms with van der Waals surface area (Å²) in [6.07, 6.45) is 2.83. The van der Waals surface area contributed by atoms with E-state index in [9.17, 15) is 0 Å². The lowest BCUT2D eigenvalue weighted by Crippen LogP contribution is -2.36. The van der Waals surface area contributed by atoms with Crippen LogP contribution in [-0.4, -0.2) is 29.0 Å². The van der Waals surface area contributed by atoms with Gasteiger partial charge in [0.25, 0.3) is 0 Å². The largest absolute Gasteiger partial charge is 0.326 e. The molecular formula is C12H21N3. The average molecular weight is 207 g/mol. The predicted molar refractivity (Wildman–Crippen MR) is 63.5 cm³/mol. The van der Waals surface area contributed by atoms with Gasteiger partial charge in [0.2, 0.25) is 0 Å². The molecule has 0 aromatic carbocycles. The van der Waals surface area contributed by atoms with Crippen molar-refractivity contribution in [2.75, 3.05) is 13.6 Å². The molecule has 1 rings (SSSR count). The molecule has 0 saturated carbocycles. The van der Waals surface area contributed by atoms with Gasteiger partial charge in [0.15, 0.2) is 0 Å². The molecule has 3 nitrogen and oxygen atoms in total. The van der Waals surface area contributed by atoms with E-state index < -0.39 is 0 Å². The molecular weight excluding hydrogens is 186 g/mol. The molecule has 0 aliphatic rings. The van der Waals surface area contributed by atoms with E-state index in [1.165, 1.54) is 0 Å². The van der Waals surface area contributed by atoms with Gasteiger partial charge >= 0.3 is 0 Å². The summed E-state index contributed by atoms with van der Waals surface area (Å²) in [6, 6.07) is 6.00. The standard InChI is InChI=1S/C12H21N3/c1-12(2,13)7-9-15(3)10-11-6-4-5-8-14-11/h4-6,8H,7,9-10,13H2,1-3H3. The van der Waals surface area contributed by atoms with Gasteiger partial charge in [-0.3, -0.25) is 4.98 Å². The van der Waals surface area contributed by atoms with Crippen LogP contribution in [0.15, 0.2) is 24.4 Å². The minimum absolute atomic E-state index is 0.0849. The molecule has 84 valence electrons. The Bertz CT molecular complexity index is 277. The van der Waals surface area contributed by atoms with Crippen LogP contribution in [0.2, 0.25) is 0 Å².